The Morgan fingerprint density at radius 3 is 2.52 bits per heavy atom. The number of hydrogen-bond acceptors (Lipinski definition) is 0. The molecule has 1 aliphatic rings. The van der Waals surface area contributed by atoms with Gasteiger partial charge in [0.05, 0.1) is 0 Å². The SMILES string of the molecule is CCCc1ccc2c(c1-c1ccccc1C)C=C(CC(C)C)C2. The minimum Gasteiger partial charge on any atom is -0.0651 e. The molecule has 0 radical (unpaired) electrons. The van der Waals surface area contributed by atoms with Crippen LogP contribution >= 0.6 is 0 Å². The second-order valence-electron chi connectivity index (χ2n) is 7.31. The lowest BCUT2D eigenvalue weighted by Gasteiger charge is -2.16. The van der Waals surface area contributed by atoms with Crippen LogP contribution in [0, 0.1) is 12.8 Å². The van der Waals surface area contributed by atoms with Gasteiger partial charge >= 0.3 is 0 Å². The molecule has 0 aliphatic heterocycles. The van der Waals surface area contributed by atoms with Gasteiger partial charge in [-0.15, -0.1) is 0 Å². The quantitative estimate of drug-likeness (QED) is 0.583. The predicted molar refractivity (Wildman–Crippen MR) is 102 cm³/mol. The van der Waals surface area contributed by atoms with Crippen LogP contribution in [0.2, 0.25) is 0 Å². The van der Waals surface area contributed by atoms with Gasteiger partial charge in [0.1, 0.15) is 0 Å². The van der Waals surface area contributed by atoms with Gasteiger partial charge in [-0.25, -0.2) is 0 Å². The van der Waals surface area contributed by atoms with Crippen molar-refractivity contribution in [2.75, 3.05) is 0 Å². The first-order chi connectivity index (χ1) is 11.1. The molecule has 120 valence electrons. The Kier molecular flexibility index (Phi) is 4.71. The van der Waals surface area contributed by atoms with Gasteiger partial charge in [-0.1, -0.05) is 75.2 Å². The van der Waals surface area contributed by atoms with Crippen LogP contribution in [0.4, 0.5) is 0 Å². The second-order valence-corrected chi connectivity index (χ2v) is 7.31. The van der Waals surface area contributed by atoms with E-state index in [0.29, 0.717) is 0 Å². The maximum atomic E-state index is 2.48. The number of aryl methyl sites for hydroxylation is 2. The van der Waals surface area contributed by atoms with Gasteiger partial charge < -0.3 is 0 Å². The number of fused-ring (bicyclic) bond motifs is 1. The molecule has 0 heteroatoms. The lowest BCUT2D eigenvalue weighted by atomic mass is 9.88. The maximum Gasteiger partial charge on any atom is -0.00575 e. The Balaban J connectivity index is 2.15. The molecule has 0 heterocycles. The molecule has 0 aromatic heterocycles. The molecule has 2 aromatic carbocycles. The Hall–Kier alpha value is -1.82. The zero-order valence-corrected chi connectivity index (χ0v) is 14.9. The van der Waals surface area contributed by atoms with E-state index in [9.17, 15) is 0 Å². The van der Waals surface area contributed by atoms with E-state index >= 15 is 0 Å². The van der Waals surface area contributed by atoms with Crippen LogP contribution in [0.15, 0.2) is 42.0 Å². The Bertz CT molecular complexity index is 732. The van der Waals surface area contributed by atoms with Gasteiger partial charge in [0.15, 0.2) is 0 Å². The van der Waals surface area contributed by atoms with E-state index in [1.807, 2.05) is 0 Å². The molecule has 0 atom stereocenters. The fraction of sp³-hybridized carbons (Fsp3) is 0.391. The van der Waals surface area contributed by atoms with E-state index in [0.717, 1.165) is 18.8 Å². The molecule has 1 aliphatic carbocycles. The molecular weight excluding hydrogens is 276 g/mol. The van der Waals surface area contributed by atoms with Crippen LogP contribution in [0.25, 0.3) is 17.2 Å². The summed E-state index contributed by atoms with van der Waals surface area (Å²) in [7, 11) is 0. The van der Waals surface area contributed by atoms with Crippen LogP contribution in [0.1, 0.15) is 55.9 Å². The summed E-state index contributed by atoms with van der Waals surface area (Å²) in [5.74, 6) is 0.729. The summed E-state index contributed by atoms with van der Waals surface area (Å²) in [5, 5.41) is 0. The van der Waals surface area contributed by atoms with Crippen LogP contribution < -0.4 is 0 Å². The first-order valence-corrected chi connectivity index (χ1v) is 9.00. The van der Waals surface area contributed by atoms with Gasteiger partial charge in [0.25, 0.3) is 0 Å². The van der Waals surface area contributed by atoms with Crippen molar-refractivity contribution >= 4 is 6.08 Å². The number of benzene rings is 2. The zero-order valence-electron chi connectivity index (χ0n) is 14.9. The van der Waals surface area contributed by atoms with Crippen LogP contribution in [-0.4, -0.2) is 0 Å². The topological polar surface area (TPSA) is 0 Å². The summed E-state index contributed by atoms with van der Waals surface area (Å²) >= 11 is 0. The van der Waals surface area contributed by atoms with Gasteiger partial charge in [0, 0.05) is 0 Å². The molecule has 0 bridgehead atoms. The highest BCUT2D eigenvalue weighted by molar-refractivity contribution is 5.84. The van der Waals surface area contributed by atoms with E-state index in [-0.39, 0.29) is 0 Å². The predicted octanol–water partition coefficient (Wildman–Crippen LogP) is 6.60. The largest absolute Gasteiger partial charge is 0.0651 e. The number of rotatable bonds is 5. The lowest BCUT2D eigenvalue weighted by Crippen LogP contribution is -1.97. The highest BCUT2D eigenvalue weighted by atomic mass is 14.2. The van der Waals surface area contributed by atoms with Crippen molar-refractivity contribution in [1.82, 2.24) is 0 Å². The average molecular weight is 304 g/mol. The van der Waals surface area contributed by atoms with Gasteiger partial charge in [-0.3, -0.25) is 0 Å². The lowest BCUT2D eigenvalue weighted by molar-refractivity contribution is 0.638. The third kappa shape index (κ3) is 3.27. The van der Waals surface area contributed by atoms with Crippen molar-refractivity contribution in [2.45, 2.75) is 53.4 Å². The highest BCUT2D eigenvalue weighted by Gasteiger charge is 2.20. The third-order valence-corrected chi connectivity index (χ3v) is 4.79. The molecule has 0 N–H and O–H groups in total. The smallest absolute Gasteiger partial charge is 0.00575 e. The van der Waals surface area contributed by atoms with Gasteiger partial charge in [-0.2, -0.15) is 0 Å². The van der Waals surface area contributed by atoms with E-state index in [4.69, 9.17) is 0 Å². The van der Waals surface area contributed by atoms with Crippen molar-refractivity contribution in [3.8, 4) is 11.1 Å². The maximum absolute atomic E-state index is 2.48. The molecule has 0 unspecified atom stereocenters. The van der Waals surface area contributed by atoms with E-state index in [1.165, 1.54) is 46.2 Å². The van der Waals surface area contributed by atoms with Crippen molar-refractivity contribution < 1.29 is 0 Å². The first kappa shape index (κ1) is 16.1. The second kappa shape index (κ2) is 6.74. The number of hydrogen-bond donors (Lipinski definition) is 0. The number of allylic oxidation sites excluding steroid dienone is 1. The molecule has 0 saturated heterocycles. The standard InChI is InChI=1S/C23H28/c1-5-8-19-11-12-20-14-18(13-16(2)3)15-22(20)23(19)21-10-7-6-9-17(21)4/h6-7,9-12,15-16H,5,8,13-14H2,1-4H3. The molecule has 0 nitrogen and oxygen atoms in total. The first-order valence-electron chi connectivity index (χ1n) is 9.00. The summed E-state index contributed by atoms with van der Waals surface area (Å²) in [6.07, 6.45) is 7.19. The van der Waals surface area contributed by atoms with Crippen molar-refractivity contribution in [3.05, 3.63) is 64.2 Å². The minimum atomic E-state index is 0.729. The monoisotopic (exact) mass is 304 g/mol. The Morgan fingerprint density at radius 1 is 1.04 bits per heavy atom. The summed E-state index contributed by atoms with van der Waals surface area (Å²) in [5.41, 5.74) is 10.4. The molecular formula is C23H28. The molecule has 3 rings (SSSR count). The summed E-state index contributed by atoms with van der Waals surface area (Å²) in [6, 6.07) is 13.6. The Morgan fingerprint density at radius 2 is 1.83 bits per heavy atom. The van der Waals surface area contributed by atoms with Crippen LogP contribution in [0.3, 0.4) is 0 Å². The van der Waals surface area contributed by atoms with E-state index < -0.39 is 0 Å². The summed E-state index contributed by atoms with van der Waals surface area (Å²) in [4.78, 5) is 0. The molecule has 23 heavy (non-hydrogen) atoms. The van der Waals surface area contributed by atoms with E-state index in [1.54, 1.807) is 5.57 Å². The molecule has 2 aromatic rings. The fourth-order valence-electron chi connectivity index (χ4n) is 3.83. The Labute approximate surface area is 141 Å². The van der Waals surface area contributed by atoms with Crippen molar-refractivity contribution in [1.29, 1.82) is 0 Å². The highest BCUT2D eigenvalue weighted by Crippen LogP contribution is 2.39. The van der Waals surface area contributed by atoms with Gasteiger partial charge in [-0.05, 0) is 65.5 Å². The third-order valence-electron chi connectivity index (χ3n) is 4.79. The zero-order chi connectivity index (χ0) is 16.4. The van der Waals surface area contributed by atoms with Crippen molar-refractivity contribution in [3.63, 3.8) is 0 Å². The van der Waals surface area contributed by atoms with Crippen LogP contribution in [0.5, 0.6) is 0 Å². The summed E-state index contributed by atoms with van der Waals surface area (Å²) < 4.78 is 0. The average Bonchev–Trinajstić information content (AvgIpc) is 2.90. The summed E-state index contributed by atoms with van der Waals surface area (Å²) in [6.45, 7) is 9.14. The fourth-order valence-corrected chi connectivity index (χ4v) is 3.83. The molecule has 0 spiro atoms. The molecule has 0 fully saturated rings. The molecule has 0 saturated carbocycles. The molecule has 0 amide bonds. The normalized spacial score (nSPS) is 13.3. The van der Waals surface area contributed by atoms with Crippen molar-refractivity contribution in [2.24, 2.45) is 5.92 Å². The van der Waals surface area contributed by atoms with E-state index in [2.05, 4.69) is 70.2 Å². The van der Waals surface area contributed by atoms with Crippen LogP contribution in [-0.2, 0) is 12.8 Å². The van der Waals surface area contributed by atoms with Gasteiger partial charge in [0.2, 0.25) is 0 Å². The minimum absolute atomic E-state index is 0.729.